The van der Waals surface area contributed by atoms with Crippen LogP contribution in [0.15, 0.2) is 48.7 Å². The first-order valence-electron chi connectivity index (χ1n) is 6.38. The van der Waals surface area contributed by atoms with Crippen LogP contribution in [0.2, 0.25) is 0 Å². The van der Waals surface area contributed by atoms with Gasteiger partial charge in [-0.3, -0.25) is 9.20 Å². The SMILES string of the molecule is Cc1ccccc1C(=O)NCc1nnc2ccccn12. The Kier molecular flexibility index (Phi) is 3.16. The van der Waals surface area contributed by atoms with Gasteiger partial charge in [-0.2, -0.15) is 0 Å². The Hall–Kier alpha value is -2.69. The van der Waals surface area contributed by atoms with Gasteiger partial charge in [0.15, 0.2) is 11.5 Å². The third kappa shape index (κ3) is 2.25. The number of nitrogens with zero attached hydrogens (tertiary/aromatic N) is 3. The summed E-state index contributed by atoms with van der Waals surface area (Å²) in [6.45, 7) is 2.26. The molecule has 20 heavy (non-hydrogen) atoms. The first-order chi connectivity index (χ1) is 9.75. The van der Waals surface area contributed by atoms with Crippen molar-refractivity contribution in [3.05, 3.63) is 65.6 Å². The summed E-state index contributed by atoms with van der Waals surface area (Å²) in [5.41, 5.74) is 2.41. The molecule has 0 unspecified atom stereocenters. The summed E-state index contributed by atoms with van der Waals surface area (Å²) in [5, 5.41) is 11.0. The van der Waals surface area contributed by atoms with Crippen LogP contribution in [0.5, 0.6) is 0 Å². The molecule has 100 valence electrons. The largest absolute Gasteiger partial charge is 0.345 e. The van der Waals surface area contributed by atoms with Gasteiger partial charge in [-0.25, -0.2) is 0 Å². The van der Waals surface area contributed by atoms with Crippen LogP contribution in [0.25, 0.3) is 5.65 Å². The van der Waals surface area contributed by atoms with Gasteiger partial charge in [0.1, 0.15) is 0 Å². The number of pyridine rings is 1. The minimum absolute atomic E-state index is 0.101. The quantitative estimate of drug-likeness (QED) is 0.788. The maximum Gasteiger partial charge on any atom is 0.251 e. The van der Waals surface area contributed by atoms with Gasteiger partial charge in [0, 0.05) is 11.8 Å². The lowest BCUT2D eigenvalue weighted by atomic mass is 10.1. The second kappa shape index (κ2) is 5.13. The van der Waals surface area contributed by atoms with Crippen LogP contribution in [-0.2, 0) is 6.54 Å². The minimum atomic E-state index is -0.101. The molecule has 2 heterocycles. The smallest absolute Gasteiger partial charge is 0.251 e. The number of amides is 1. The van der Waals surface area contributed by atoms with Crippen molar-refractivity contribution in [2.24, 2.45) is 0 Å². The highest BCUT2D eigenvalue weighted by molar-refractivity contribution is 5.95. The van der Waals surface area contributed by atoms with Gasteiger partial charge < -0.3 is 5.32 Å². The summed E-state index contributed by atoms with van der Waals surface area (Å²) < 4.78 is 1.86. The van der Waals surface area contributed by atoms with E-state index in [2.05, 4.69) is 15.5 Å². The van der Waals surface area contributed by atoms with Gasteiger partial charge in [0.05, 0.1) is 6.54 Å². The van der Waals surface area contributed by atoms with Crippen LogP contribution < -0.4 is 5.32 Å². The predicted octanol–water partition coefficient (Wildman–Crippen LogP) is 1.97. The molecule has 0 fully saturated rings. The molecule has 0 aliphatic heterocycles. The predicted molar refractivity (Wildman–Crippen MR) is 75.3 cm³/mol. The van der Waals surface area contributed by atoms with E-state index in [0.717, 1.165) is 11.2 Å². The molecule has 1 amide bonds. The lowest BCUT2D eigenvalue weighted by Gasteiger charge is -2.06. The summed E-state index contributed by atoms with van der Waals surface area (Å²) in [6, 6.07) is 13.2. The molecule has 2 aromatic heterocycles. The van der Waals surface area contributed by atoms with Gasteiger partial charge in [0.2, 0.25) is 0 Å². The Labute approximate surface area is 116 Å². The lowest BCUT2D eigenvalue weighted by Crippen LogP contribution is -2.24. The van der Waals surface area contributed by atoms with Crippen molar-refractivity contribution < 1.29 is 4.79 Å². The molecule has 0 atom stereocenters. The van der Waals surface area contributed by atoms with Gasteiger partial charge in [-0.1, -0.05) is 24.3 Å². The molecule has 1 aromatic carbocycles. The van der Waals surface area contributed by atoms with E-state index in [4.69, 9.17) is 0 Å². The van der Waals surface area contributed by atoms with Crippen molar-refractivity contribution in [1.29, 1.82) is 0 Å². The molecule has 0 bridgehead atoms. The molecule has 5 heteroatoms. The van der Waals surface area contributed by atoms with Crippen molar-refractivity contribution >= 4 is 11.6 Å². The van der Waals surface area contributed by atoms with Gasteiger partial charge in [-0.05, 0) is 30.7 Å². The maximum absolute atomic E-state index is 12.1. The number of aryl methyl sites for hydroxylation is 1. The summed E-state index contributed by atoms with van der Waals surface area (Å²) in [6.07, 6.45) is 1.88. The molecule has 0 aliphatic rings. The molecule has 0 saturated carbocycles. The Morgan fingerprint density at radius 3 is 2.80 bits per heavy atom. The Bertz CT molecular complexity index is 763. The summed E-state index contributed by atoms with van der Waals surface area (Å²) >= 11 is 0. The molecular weight excluding hydrogens is 252 g/mol. The average molecular weight is 266 g/mol. The van der Waals surface area contributed by atoms with E-state index in [1.54, 1.807) is 0 Å². The van der Waals surface area contributed by atoms with Crippen LogP contribution in [0.1, 0.15) is 21.7 Å². The van der Waals surface area contributed by atoms with Gasteiger partial charge in [0.25, 0.3) is 5.91 Å². The number of rotatable bonds is 3. The highest BCUT2D eigenvalue weighted by atomic mass is 16.1. The third-order valence-electron chi connectivity index (χ3n) is 3.18. The summed E-state index contributed by atoms with van der Waals surface area (Å²) in [5.74, 6) is 0.610. The molecule has 1 N–H and O–H groups in total. The van der Waals surface area contributed by atoms with Crippen LogP contribution in [0, 0.1) is 6.92 Å². The Morgan fingerprint density at radius 2 is 1.95 bits per heavy atom. The number of carbonyl (C=O) groups is 1. The topological polar surface area (TPSA) is 59.3 Å². The van der Waals surface area contributed by atoms with Crippen molar-refractivity contribution in [3.8, 4) is 0 Å². The van der Waals surface area contributed by atoms with Crippen LogP contribution in [0.4, 0.5) is 0 Å². The maximum atomic E-state index is 12.1. The second-order valence-electron chi connectivity index (χ2n) is 4.54. The molecule has 5 nitrogen and oxygen atoms in total. The van der Waals surface area contributed by atoms with E-state index in [1.807, 2.05) is 60.0 Å². The molecule has 3 rings (SSSR count). The van der Waals surface area contributed by atoms with Crippen LogP contribution >= 0.6 is 0 Å². The number of hydrogen-bond acceptors (Lipinski definition) is 3. The number of hydrogen-bond donors (Lipinski definition) is 1. The normalized spacial score (nSPS) is 10.7. The number of aromatic nitrogens is 3. The monoisotopic (exact) mass is 266 g/mol. The van der Waals surface area contributed by atoms with Crippen LogP contribution in [0.3, 0.4) is 0 Å². The minimum Gasteiger partial charge on any atom is -0.345 e. The zero-order valence-electron chi connectivity index (χ0n) is 11.1. The fourth-order valence-corrected chi connectivity index (χ4v) is 2.09. The highest BCUT2D eigenvalue weighted by Crippen LogP contribution is 2.07. The van der Waals surface area contributed by atoms with Crippen molar-refractivity contribution in [2.75, 3.05) is 0 Å². The Morgan fingerprint density at radius 1 is 1.15 bits per heavy atom. The zero-order chi connectivity index (χ0) is 13.9. The van der Waals surface area contributed by atoms with Crippen molar-refractivity contribution in [3.63, 3.8) is 0 Å². The zero-order valence-corrected chi connectivity index (χ0v) is 11.1. The lowest BCUT2D eigenvalue weighted by molar-refractivity contribution is 0.0949. The first kappa shape index (κ1) is 12.3. The third-order valence-corrected chi connectivity index (χ3v) is 3.18. The first-order valence-corrected chi connectivity index (χ1v) is 6.38. The molecule has 0 radical (unpaired) electrons. The fraction of sp³-hybridized carbons (Fsp3) is 0.133. The number of carbonyl (C=O) groups excluding carboxylic acids is 1. The summed E-state index contributed by atoms with van der Waals surface area (Å²) in [7, 11) is 0. The highest BCUT2D eigenvalue weighted by Gasteiger charge is 2.10. The fourth-order valence-electron chi connectivity index (χ4n) is 2.09. The number of benzene rings is 1. The Balaban J connectivity index is 1.77. The van der Waals surface area contributed by atoms with Crippen molar-refractivity contribution in [2.45, 2.75) is 13.5 Å². The van der Waals surface area contributed by atoms with E-state index < -0.39 is 0 Å². The molecule has 0 saturated heterocycles. The van der Waals surface area contributed by atoms with Gasteiger partial charge >= 0.3 is 0 Å². The van der Waals surface area contributed by atoms with E-state index >= 15 is 0 Å². The molecule has 0 aliphatic carbocycles. The van der Waals surface area contributed by atoms with Gasteiger partial charge in [-0.15, -0.1) is 10.2 Å². The van der Waals surface area contributed by atoms with E-state index in [0.29, 0.717) is 17.9 Å². The van der Waals surface area contributed by atoms with E-state index in [1.165, 1.54) is 0 Å². The number of nitrogens with one attached hydrogen (secondary N) is 1. The molecule has 3 aromatic rings. The van der Waals surface area contributed by atoms with Crippen molar-refractivity contribution in [1.82, 2.24) is 19.9 Å². The summed E-state index contributed by atoms with van der Waals surface area (Å²) in [4.78, 5) is 12.1. The number of fused-ring (bicyclic) bond motifs is 1. The molecular formula is C15H14N4O. The second-order valence-corrected chi connectivity index (χ2v) is 4.54. The standard InChI is InChI=1S/C15H14N4O/c1-11-6-2-3-7-12(11)15(20)16-10-14-18-17-13-8-4-5-9-19(13)14/h2-9H,10H2,1H3,(H,16,20). The average Bonchev–Trinajstić information content (AvgIpc) is 2.88. The molecule has 0 spiro atoms. The van der Waals surface area contributed by atoms with Crippen LogP contribution in [-0.4, -0.2) is 20.5 Å². The van der Waals surface area contributed by atoms with E-state index in [-0.39, 0.29) is 5.91 Å². The van der Waals surface area contributed by atoms with E-state index in [9.17, 15) is 4.79 Å².